The zero-order chi connectivity index (χ0) is 14.3. The lowest BCUT2D eigenvalue weighted by molar-refractivity contribution is -0.144. The van der Waals surface area contributed by atoms with E-state index in [4.69, 9.17) is 4.74 Å². The molecule has 0 saturated carbocycles. The van der Waals surface area contributed by atoms with Crippen molar-refractivity contribution in [3.8, 4) is 5.75 Å². The standard InChI is InChI=1S/C16H21NO3/c1-10-7-8-17(15(10)16(18)19)14-6-4-11-3-5-12(20-2)9-13(11)14/h3,5,9-10,14-15H,4,6-8H2,1-2H3,(H,18,19). The van der Waals surface area contributed by atoms with Gasteiger partial charge in [0, 0.05) is 6.04 Å². The molecule has 1 fully saturated rings. The molecule has 1 N–H and O–H groups in total. The molecule has 2 aliphatic rings. The molecule has 20 heavy (non-hydrogen) atoms. The van der Waals surface area contributed by atoms with Crippen LogP contribution in [0.4, 0.5) is 0 Å². The molecule has 3 unspecified atom stereocenters. The van der Waals surface area contributed by atoms with Crippen molar-refractivity contribution in [2.45, 2.75) is 38.3 Å². The Morgan fingerprint density at radius 2 is 2.20 bits per heavy atom. The molecule has 1 aliphatic heterocycles. The van der Waals surface area contributed by atoms with Gasteiger partial charge >= 0.3 is 5.97 Å². The number of methoxy groups -OCH3 is 1. The van der Waals surface area contributed by atoms with E-state index in [0.717, 1.165) is 31.6 Å². The number of ether oxygens (including phenoxy) is 1. The van der Waals surface area contributed by atoms with Gasteiger partial charge in [0.25, 0.3) is 0 Å². The summed E-state index contributed by atoms with van der Waals surface area (Å²) in [5.41, 5.74) is 2.59. The van der Waals surface area contributed by atoms with Gasteiger partial charge < -0.3 is 9.84 Å². The maximum atomic E-state index is 11.5. The summed E-state index contributed by atoms with van der Waals surface area (Å²) in [5, 5.41) is 9.50. The number of carboxylic acids is 1. The quantitative estimate of drug-likeness (QED) is 0.920. The van der Waals surface area contributed by atoms with Crippen LogP contribution in [0.2, 0.25) is 0 Å². The van der Waals surface area contributed by atoms with Crippen molar-refractivity contribution in [1.29, 1.82) is 0 Å². The van der Waals surface area contributed by atoms with Crippen molar-refractivity contribution in [3.63, 3.8) is 0 Å². The summed E-state index contributed by atoms with van der Waals surface area (Å²) < 4.78 is 5.31. The highest BCUT2D eigenvalue weighted by molar-refractivity contribution is 5.74. The first kappa shape index (κ1) is 13.4. The predicted molar refractivity (Wildman–Crippen MR) is 76.0 cm³/mol. The lowest BCUT2D eigenvalue weighted by atomic mass is 10.0. The molecule has 1 aromatic carbocycles. The molecular weight excluding hydrogens is 254 g/mol. The SMILES string of the molecule is COc1ccc2c(c1)C(N1CCC(C)C1C(=O)O)CC2. The minimum absolute atomic E-state index is 0.224. The van der Waals surface area contributed by atoms with E-state index in [0.29, 0.717) is 0 Å². The van der Waals surface area contributed by atoms with Gasteiger partial charge in [-0.2, -0.15) is 0 Å². The number of nitrogens with zero attached hydrogens (tertiary/aromatic N) is 1. The summed E-state index contributed by atoms with van der Waals surface area (Å²) in [6, 6.07) is 6.06. The number of aliphatic carboxylic acids is 1. The molecule has 108 valence electrons. The lowest BCUT2D eigenvalue weighted by Crippen LogP contribution is -2.40. The molecule has 0 spiro atoms. The fraction of sp³-hybridized carbons (Fsp3) is 0.562. The van der Waals surface area contributed by atoms with Crippen LogP contribution in [0.3, 0.4) is 0 Å². The largest absolute Gasteiger partial charge is 0.497 e. The third-order valence-electron chi connectivity index (χ3n) is 4.79. The Labute approximate surface area is 119 Å². The number of rotatable bonds is 3. The highest BCUT2D eigenvalue weighted by Crippen LogP contribution is 2.42. The molecule has 0 radical (unpaired) electrons. The van der Waals surface area contributed by atoms with Gasteiger partial charge in [0.15, 0.2) is 0 Å². The second kappa shape index (κ2) is 5.09. The van der Waals surface area contributed by atoms with E-state index in [2.05, 4.69) is 17.0 Å². The molecule has 0 bridgehead atoms. The minimum atomic E-state index is -0.689. The number of likely N-dealkylation sites (tertiary alicyclic amines) is 1. The van der Waals surface area contributed by atoms with Crippen molar-refractivity contribution in [2.75, 3.05) is 13.7 Å². The van der Waals surface area contributed by atoms with E-state index >= 15 is 0 Å². The number of carbonyl (C=O) groups is 1. The van der Waals surface area contributed by atoms with Gasteiger partial charge in [-0.25, -0.2) is 0 Å². The Morgan fingerprint density at radius 1 is 1.40 bits per heavy atom. The van der Waals surface area contributed by atoms with E-state index in [1.54, 1.807) is 7.11 Å². The van der Waals surface area contributed by atoms with Gasteiger partial charge in [0.2, 0.25) is 0 Å². The first-order chi connectivity index (χ1) is 9.61. The first-order valence-corrected chi connectivity index (χ1v) is 7.27. The van der Waals surface area contributed by atoms with Crippen LogP contribution < -0.4 is 4.74 Å². The fourth-order valence-corrected chi connectivity index (χ4v) is 3.74. The average molecular weight is 275 g/mol. The maximum absolute atomic E-state index is 11.5. The highest BCUT2D eigenvalue weighted by Gasteiger charge is 2.42. The van der Waals surface area contributed by atoms with Gasteiger partial charge in [0.1, 0.15) is 11.8 Å². The van der Waals surface area contributed by atoms with Gasteiger partial charge in [-0.1, -0.05) is 13.0 Å². The Kier molecular flexibility index (Phi) is 3.42. The molecule has 4 heteroatoms. The normalized spacial score (nSPS) is 29.4. The molecule has 1 aromatic rings. The highest BCUT2D eigenvalue weighted by atomic mass is 16.5. The van der Waals surface area contributed by atoms with Crippen LogP contribution in [0, 0.1) is 5.92 Å². The van der Waals surface area contributed by atoms with Crippen molar-refractivity contribution < 1.29 is 14.6 Å². The van der Waals surface area contributed by atoms with Crippen molar-refractivity contribution >= 4 is 5.97 Å². The smallest absolute Gasteiger partial charge is 0.321 e. The van der Waals surface area contributed by atoms with Gasteiger partial charge in [0.05, 0.1) is 7.11 Å². The molecule has 3 rings (SSSR count). The number of carboxylic acid groups (broad SMARTS) is 1. The summed E-state index contributed by atoms with van der Waals surface area (Å²) in [7, 11) is 1.67. The first-order valence-electron chi connectivity index (χ1n) is 7.27. The summed E-state index contributed by atoms with van der Waals surface area (Å²) in [4.78, 5) is 13.7. The van der Waals surface area contributed by atoms with Gasteiger partial charge in [-0.3, -0.25) is 9.69 Å². The Balaban J connectivity index is 1.92. The molecule has 0 amide bonds. The van der Waals surface area contributed by atoms with Crippen LogP contribution in [-0.2, 0) is 11.2 Å². The van der Waals surface area contributed by atoms with Crippen LogP contribution in [0.25, 0.3) is 0 Å². The van der Waals surface area contributed by atoms with Crippen LogP contribution in [0.1, 0.15) is 36.9 Å². The average Bonchev–Trinajstić information content (AvgIpc) is 3.00. The topological polar surface area (TPSA) is 49.8 Å². The van der Waals surface area contributed by atoms with Crippen LogP contribution in [-0.4, -0.2) is 35.7 Å². The van der Waals surface area contributed by atoms with E-state index < -0.39 is 5.97 Å². The second-order valence-electron chi connectivity index (χ2n) is 5.91. The monoisotopic (exact) mass is 275 g/mol. The number of fused-ring (bicyclic) bond motifs is 1. The Hall–Kier alpha value is -1.55. The molecule has 0 aromatic heterocycles. The maximum Gasteiger partial charge on any atom is 0.321 e. The van der Waals surface area contributed by atoms with Crippen LogP contribution in [0.5, 0.6) is 5.75 Å². The van der Waals surface area contributed by atoms with Crippen molar-refractivity contribution in [1.82, 2.24) is 4.90 Å². The van der Waals surface area contributed by atoms with E-state index in [-0.39, 0.29) is 18.0 Å². The molecular formula is C16H21NO3. The van der Waals surface area contributed by atoms with E-state index in [1.807, 2.05) is 13.0 Å². The molecule has 3 atom stereocenters. The molecule has 1 saturated heterocycles. The summed E-state index contributed by atoms with van der Waals surface area (Å²) in [5.74, 6) is 0.392. The third-order valence-corrected chi connectivity index (χ3v) is 4.79. The molecule has 1 aliphatic carbocycles. The zero-order valence-corrected chi connectivity index (χ0v) is 12.0. The molecule has 1 heterocycles. The van der Waals surface area contributed by atoms with Crippen molar-refractivity contribution in [3.05, 3.63) is 29.3 Å². The number of benzene rings is 1. The van der Waals surface area contributed by atoms with Gasteiger partial charge in [-0.05, 0) is 55.0 Å². The molecule has 4 nitrogen and oxygen atoms in total. The number of hydrogen-bond acceptors (Lipinski definition) is 3. The van der Waals surface area contributed by atoms with Crippen LogP contribution >= 0.6 is 0 Å². The summed E-state index contributed by atoms with van der Waals surface area (Å²) >= 11 is 0. The predicted octanol–water partition coefficient (Wildman–Crippen LogP) is 2.48. The third kappa shape index (κ3) is 2.08. The lowest BCUT2D eigenvalue weighted by Gasteiger charge is -2.30. The second-order valence-corrected chi connectivity index (χ2v) is 5.91. The Morgan fingerprint density at radius 3 is 2.90 bits per heavy atom. The van der Waals surface area contributed by atoms with Crippen LogP contribution in [0.15, 0.2) is 18.2 Å². The summed E-state index contributed by atoms with van der Waals surface area (Å²) in [6.07, 6.45) is 3.01. The fourth-order valence-electron chi connectivity index (χ4n) is 3.74. The Bertz CT molecular complexity index is 528. The van der Waals surface area contributed by atoms with E-state index in [9.17, 15) is 9.90 Å². The van der Waals surface area contributed by atoms with Crippen molar-refractivity contribution in [2.24, 2.45) is 5.92 Å². The number of hydrogen-bond donors (Lipinski definition) is 1. The summed E-state index contributed by atoms with van der Waals surface area (Å²) in [6.45, 7) is 2.92. The van der Waals surface area contributed by atoms with Gasteiger partial charge in [-0.15, -0.1) is 0 Å². The van der Waals surface area contributed by atoms with E-state index in [1.165, 1.54) is 11.1 Å². The minimum Gasteiger partial charge on any atom is -0.497 e. The number of aryl methyl sites for hydroxylation is 1. The zero-order valence-electron chi connectivity index (χ0n) is 12.0.